The summed E-state index contributed by atoms with van der Waals surface area (Å²) in [6, 6.07) is 132. The average molecular weight is 1350 g/mol. The van der Waals surface area contributed by atoms with Crippen LogP contribution in [0.1, 0.15) is 5.56 Å². The van der Waals surface area contributed by atoms with E-state index in [2.05, 4.69) is 301 Å². The Balaban J connectivity index is 0.639. The number of nitriles is 1. The van der Waals surface area contributed by atoms with Crippen LogP contribution < -0.4 is 4.90 Å². The Bertz CT molecular complexity index is 6440. The zero-order valence-corrected chi connectivity index (χ0v) is 57.2. The summed E-state index contributed by atoms with van der Waals surface area (Å²) in [5.41, 5.74) is 26.7. The quantitative estimate of drug-likeness (QED) is 0.112. The van der Waals surface area contributed by atoms with Crippen LogP contribution in [0.25, 0.3) is 174 Å². The summed E-state index contributed by atoms with van der Waals surface area (Å²) >= 11 is 0. The number of nitrogens with zero attached hydrogens (tertiary/aromatic N) is 9. The van der Waals surface area contributed by atoms with Crippen molar-refractivity contribution in [2.75, 3.05) is 4.90 Å². The molecule has 3 aromatic heterocycles. The largest absolute Gasteiger partial charge is 0.309 e. The van der Waals surface area contributed by atoms with Crippen molar-refractivity contribution >= 4 is 38.7 Å². The molecule has 106 heavy (non-hydrogen) atoms. The Hall–Kier alpha value is -14.6. The average Bonchev–Trinajstić information content (AvgIpc) is 1.55. The summed E-state index contributed by atoms with van der Waals surface area (Å²) in [5, 5.41) is 12.9. The third-order valence-corrected chi connectivity index (χ3v) is 20.1. The van der Waals surface area contributed by atoms with Gasteiger partial charge in [-0.3, -0.25) is 0 Å². The number of benzene rings is 15. The minimum absolute atomic E-state index is 0.552. The molecule has 0 spiro atoms. The van der Waals surface area contributed by atoms with Gasteiger partial charge in [-0.2, -0.15) is 5.26 Å². The predicted molar refractivity (Wildman–Crippen MR) is 431 cm³/mol. The normalized spacial score (nSPS) is 11.6. The van der Waals surface area contributed by atoms with E-state index in [0.717, 1.165) is 139 Å². The van der Waals surface area contributed by atoms with Crippen LogP contribution in [-0.4, -0.2) is 34.5 Å². The van der Waals surface area contributed by atoms with E-state index in [9.17, 15) is 5.26 Å². The van der Waals surface area contributed by atoms with E-state index < -0.39 is 0 Å². The van der Waals surface area contributed by atoms with Gasteiger partial charge in [0.25, 0.3) is 0 Å². The third-order valence-electron chi connectivity index (χ3n) is 20.1. The molecule has 494 valence electrons. The number of aromatic nitrogens is 7. The molecule has 4 heterocycles. The summed E-state index contributed by atoms with van der Waals surface area (Å²) in [6.07, 6.45) is 0. The first kappa shape index (κ1) is 62.4. The Kier molecular flexibility index (Phi) is 15.7. The zero-order chi connectivity index (χ0) is 70.4. The van der Waals surface area contributed by atoms with Crippen molar-refractivity contribution in [2.24, 2.45) is 0 Å². The maximum Gasteiger partial charge on any atom is 0.164 e. The second-order valence-electron chi connectivity index (χ2n) is 26.5. The van der Waals surface area contributed by atoms with E-state index in [1.165, 1.54) is 16.3 Å². The van der Waals surface area contributed by atoms with E-state index >= 15 is 0 Å². The number of para-hydroxylation sites is 4. The van der Waals surface area contributed by atoms with Crippen LogP contribution in [0.3, 0.4) is 0 Å². The second-order valence-corrected chi connectivity index (χ2v) is 26.5. The molecule has 0 amide bonds. The van der Waals surface area contributed by atoms with Gasteiger partial charge in [-0.1, -0.05) is 297 Å². The first-order valence-electron chi connectivity index (χ1n) is 35.5. The van der Waals surface area contributed by atoms with E-state index in [-0.39, 0.29) is 0 Å². The molecule has 0 aliphatic carbocycles. The van der Waals surface area contributed by atoms with Crippen LogP contribution in [0.15, 0.2) is 370 Å². The van der Waals surface area contributed by atoms with Crippen LogP contribution in [0, 0.1) is 11.3 Å². The van der Waals surface area contributed by atoms with Gasteiger partial charge in [0, 0.05) is 66.8 Å². The van der Waals surface area contributed by atoms with Crippen LogP contribution in [0.2, 0.25) is 0 Å². The van der Waals surface area contributed by atoms with Crippen LogP contribution in [0.4, 0.5) is 17.1 Å². The summed E-state index contributed by atoms with van der Waals surface area (Å²) in [6.45, 7) is 0. The fraction of sp³-hybridized carbons (Fsp3) is 0. The van der Waals surface area contributed by atoms with Gasteiger partial charge >= 0.3 is 0 Å². The van der Waals surface area contributed by atoms with E-state index in [1.807, 2.05) is 84.9 Å². The Morgan fingerprint density at radius 3 is 1.07 bits per heavy atom. The molecule has 19 rings (SSSR count). The number of rotatable bonds is 13. The summed E-state index contributed by atoms with van der Waals surface area (Å²) in [7, 11) is 0. The van der Waals surface area contributed by atoms with Crippen molar-refractivity contribution in [3.8, 4) is 158 Å². The lowest BCUT2D eigenvalue weighted by Crippen LogP contribution is -2.11. The Labute approximate surface area is 613 Å². The predicted octanol–water partition coefficient (Wildman–Crippen LogP) is 24.5. The Morgan fingerprint density at radius 2 is 0.566 bits per heavy atom. The van der Waals surface area contributed by atoms with Gasteiger partial charge < -0.3 is 9.47 Å². The van der Waals surface area contributed by atoms with Crippen molar-refractivity contribution in [3.63, 3.8) is 0 Å². The molecule has 18 aromatic rings. The van der Waals surface area contributed by atoms with Crippen molar-refractivity contribution in [1.82, 2.24) is 34.5 Å². The summed E-state index contributed by atoms with van der Waals surface area (Å²) in [4.78, 5) is 33.7. The number of hydrogen-bond donors (Lipinski definition) is 0. The molecule has 15 aromatic carbocycles. The molecule has 0 unspecified atom stereocenters. The first-order valence-corrected chi connectivity index (χ1v) is 35.5. The summed E-state index contributed by atoms with van der Waals surface area (Å²) < 4.78 is 2.43. The van der Waals surface area contributed by atoms with Crippen molar-refractivity contribution in [3.05, 3.63) is 376 Å². The van der Waals surface area contributed by atoms with Crippen molar-refractivity contribution in [1.29, 1.82) is 5.26 Å². The van der Waals surface area contributed by atoms with Crippen LogP contribution >= 0.6 is 0 Å². The van der Waals surface area contributed by atoms with Gasteiger partial charge in [0.2, 0.25) is 0 Å². The maximum absolute atomic E-state index is 9.33. The zero-order valence-electron chi connectivity index (χ0n) is 57.2. The molecule has 0 atom stereocenters. The van der Waals surface area contributed by atoms with Crippen molar-refractivity contribution in [2.45, 2.75) is 0 Å². The molecule has 0 saturated carbocycles. The smallest absolute Gasteiger partial charge is 0.164 e. The highest BCUT2D eigenvalue weighted by molar-refractivity contribution is 6.13. The molecular weight excluding hydrogens is 1290 g/mol. The van der Waals surface area contributed by atoms with Gasteiger partial charge in [0.05, 0.1) is 34.2 Å². The molecular formula is C97H61N9. The van der Waals surface area contributed by atoms with Crippen LogP contribution in [-0.2, 0) is 0 Å². The molecule has 0 bridgehead atoms. The highest BCUT2D eigenvalue weighted by atomic mass is 15.2. The van der Waals surface area contributed by atoms with Gasteiger partial charge in [-0.15, -0.1) is 0 Å². The third kappa shape index (κ3) is 11.5. The topological polar surface area (TPSA) is 109 Å². The fourth-order valence-corrected chi connectivity index (χ4v) is 15.0. The monoisotopic (exact) mass is 1350 g/mol. The molecule has 1 aliphatic heterocycles. The minimum Gasteiger partial charge on any atom is -0.309 e. The lowest BCUT2D eigenvalue weighted by Gasteiger charge is -2.28. The molecule has 0 radical (unpaired) electrons. The lowest BCUT2D eigenvalue weighted by atomic mass is 9.91. The van der Waals surface area contributed by atoms with Gasteiger partial charge in [0.15, 0.2) is 34.9 Å². The van der Waals surface area contributed by atoms with E-state index in [4.69, 9.17) is 29.9 Å². The van der Waals surface area contributed by atoms with E-state index in [1.54, 1.807) is 0 Å². The Morgan fingerprint density at radius 1 is 0.226 bits per heavy atom. The van der Waals surface area contributed by atoms with Crippen molar-refractivity contribution < 1.29 is 0 Å². The summed E-state index contributed by atoms with van der Waals surface area (Å²) in [5.74, 6) is 3.39. The van der Waals surface area contributed by atoms with Gasteiger partial charge in [-0.05, 0) is 139 Å². The molecule has 1 aliphatic rings. The number of hydrogen-bond acceptors (Lipinski definition) is 8. The van der Waals surface area contributed by atoms with Gasteiger partial charge in [0.1, 0.15) is 0 Å². The number of anilines is 3. The maximum atomic E-state index is 9.33. The molecule has 9 nitrogen and oxygen atoms in total. The SMILES string of the molecule is N#Cc1ccc(-c2ccc(-c3ccc(-c4ccc(-c5nc(-c6ccccc6)nc(-c6cccc(-c7cccc(-c8nc(-c9ccccc9)nc(-c9cccc(-c%10cccc(N%11c%12ccccc%12-c%12c(n(-c%13ccccc%13)c%13ccccc%12%13)-c%12ccccc%12%11)c%10)c9)n8)c7)c6)n5)cc4)c4ccccc34)cc2)cc1. The molecule has 9 heteroatoms. The first-order chi connectivity index (χ1) is 52.5. The molecule has 0 fully saturated rings. The molecule has 0 N–H and O–H groups in total. The van der Waals surface area contributed by atoms with Gasteiger partial charge in [-0.25, -0.2) is 29.9 Å². The number of fused-ring (bicyclic) bond motifs is 8. The minimum atomic E-state index is 0.552. The lowest BCUT2D eigenvalue weighted by molar-refractivity contribution is 1.07. The fourth-order valence-electron chi connectivity index (χ4n) is 15.0. The molecule has 0 saturated heterocycles. The standard InChI is InChI=1S/C97H61N9/c98-62-63-44-46-64(47-45-63)65-48-50-66(51-49-65)80-56-57-81(83-37-11-10-36-82(80)83)67-52-54-70(55-53-67)94-99-92(68-22-4-1-5-23-68)100-95(103-94)75-30-18-26-71(58-75)72-27-19-31-76(59-72)96-101-93(69-24-6-2-7-25-69)102-97(104-96)77-32-20-28-73(60-77)74-29-21-35-79(61-74)105-87-41-15-12-38-84(87)90-85-39-13-16-42-88(85)106(78-33-8-3-9-34-78)91(90)86-40-14-17-43-89(86)105/h1-61H. The highest BCUT2D eigenvalue weighted by Gasteiger charge is 2.32. The van der Waals surface area contributed by atoms with E-state index in [0.29, 0.717) is 40.5 Å². The highest BCUT2D eigenvalue weighted by Crippen LogP contribution is 2.55. The second kappa shape index (κ2) is 26.7. The van der Waals surface area contributed by atoms with Crippen LogP contribution in [0.5, 0.6) is 0 Å².